The van der Waals surface area contributed by atoms with Gasteiger partial charge in [0.2, 0.25) is 0 Å². The molecule has 1 amide bonds. The molecule has 0 bridgehead atoms. The zero-order valence-corrected chi connectivity index (χ0v) is 9.71. The molecule has 0 fully saturated rings. The van der Waals surface area contributed by atoms with Gasteiger partial charge in [0, 0.05) is 0 Å². The van der Waals surface area contributed by atoms with Crippen molar-refractivity contribution in [1.29, 1.82) is 0 Å². The number of carbonyl (C=O) groups excluding carboxylic acids is 1. The molecule has 0 aromatic rings. The second kappa shape index (κ2) is 4.79. The van der Waals surface area contributed by atoms with Gasteiger partial charge in [-0.2, -0.15) is 0 Å². The Hall–Kier alpha value is -0.840. The molecule has 0 aromatic heterocycles. The highest BCUT2D eigenvalue weighted by Gasteiger charge is 2.36. The fraction of sp³-hybridized carbons (Fsp3) is 0.900. The minimum absolute atomic E-state index is 0.208. The van der Waals surface area contributed by atoms with E-state index in [-0.39, 0.29) is 11.8 Å². The maximum Gasteiger partial charge on any atom is 0.404 e. The van der Waals surface area contributed by atoms with E-state index in [1.807, 2.05) is 20.8 Å². The first-order valence-electron chi connectivity index (χ1n) is 4.83. The SMILES string of the molecule is CC(C)(C)CC(C)(O)C(F)COC(N)=O. The third kappa shape index (κ3) is 6.28. The molecular formula is C10H20FNO3. The van der Waals surface area contributed by atoms with Gasteiger partial charge in [0.05, 0.1) is 5.60 Å². The topological polar surface area (TPSA) is 72.6 Å². The van der Waals surface area contributed by atoms with E-state index < -0.39 is 24.5 Å². The summed E-state index contributed by atoms with van der Waals surface area (Å²) >= 11 is 0. The number of aliphatic hydroxyl groups is 1. The summed E-state index contributed by atoms with van der Waals surface area (Å²) in [5, 5.41) is 9.82. The Balaban J connectivity index is 4.25. The van der Waals surface area contributed by atoms with E-state index in [0.29, 0.717) is 0 Å². The fourth-order valence-corrected chi connectivity index (χ4v) is 1.52. The number of ether oxygens (including phenoxy) is 1. The molecule has 0 aliphatic carbocycles. The van der Waals surface area contributed by atoms with Gasteiger partial charge in [-0.25, -0.2) is 9.18 Å². The van der Waals surface area contributed by atoms with Gasteiger partial charge in [0.15, 0.2) is 6.17 Å². The summed E-state index contributed by atoms with van der Waals surface area (Å²) in [5.41, 5.74) is 2.97. The summed E-state index contributed by atoms with van der Waals surface area (Å²) in [6, 6.07) is 0. The summed E-state index contributed by atoms with van der Waals surface area (Å²) in [6.07, 6.45) is -2.41. The molecule has 0 aromatic carbocycles. The van der Waals surface area contributed by atoms with Gasteiger partial charge in [-0.15, -0.1) is 0 Å². The van der Waals surface area contributed by atoms with E-state index in [0.717, 1.165) is 0 Å². The normalized spacial score (nSPS) is 18.0. The van der Waals surface area contributed by atoms with Crippen molar-refractivity contribution in [3.8, 4) is 0 Å². The van der Waals surface area contributed by atoms with Crippen LogP contribution in [0, 0.1) is 5.41 Å². The minimum atomic E-state index is -1.63. The van der Waals surface area contributed by atoms with Crippen LogP contribution in [0.5, 0.6) is 0 Å². The minimum Gasteiger partial charge on any atom is -0.446 e. The van der Waals surface area contributed by atoms with Crippen molar-refractivity contribution in [2.45, 2.75) is 45.9 Å². The van der Waals surface area contributed by atoms with Gasteiger partial charge >= 0.3 is 6.09 Å². The summed E-state index contributed by atoms with van der Waals surface area (Å²) in [7, 11) is 0. The number of carbonyl (C=O) groups is 1. The third-order valence-electron chi connectivity index (χ3n) is 1.93. The highest BCUT2D eigenvalue weighted by atomic mass is 19.1. The van der Waals surface area contributed by atoms with Crippen molar-refractivity contribution in [2.75, 3.05) is 6.61 Å². The zero-order chi connectivity index (χ0) is 12.3. The number of amides is 1. The van der Waals surface area contributed by atoms with Crippen LogP contribution in [0.1, 0.15) is 34.1 Å². The molecule has 0 saturated heterocycles. The van der Waals surface area contributed by atoms with Gasteiger partial charge in [0.1, 0.15) is 6.61 Å². The highest BCUT2D eigenvalue weighted by molar-refractivity contribution is 5.64. The van der Waals surface area contributed by atoms with Crippen LogP contribution < -0.4 is 5.73 Å². The lowest BCUT2D eigenvalue weighted by Crippen LogP contribution is -2.43. The molecule has 0 saturated carbocycles. The monoisotopic (exact) mass is 221 g/mol. The predicted molar refractivity (Wildman–Crippen MR) is 55.1 cm³/mol. The van der Waals surface area contributed by atoms with Crippen LogP contribution >= 0.6 is 0 Å². The van der Waals surface area contributed by atoms with Crippen LogP contribution in [-0.2, 0) is 4.74 Å². The molecule has 0 spiro atoms. The molecule has 0 radical (unpaired) electrons. The summed E-state index contributed by atoms with van der Waals surface area (Å²) < 4.78 is 17.8. The van der Waals surface area contributed by atoms with Crippen molar-refractivity contribution < 1.29 is 19.0 Å². The van der Waals surface area contributed by atoms with E-state index in [1.54, 1.807) is 0 Å². The second-order valence-electron chi connectivity index (χ2n) is 5.19. The molecule has 0 heterocycles. The summed E-state index contributed by atoms with van der Waals surface area (Å²) in [5.74, 6) is 0. The van der Waals surface area contributed by atoms with Crippen LogP contribution in [0.2, 0.25) is 0 Å². The number of halogens is 1. The molecule has 0 aliphatic rings. The van der Waals surface area contributed by atoms with Gasteiger partial charge < -0.3 is 15.6 Å². The molecule has 0 rings (SSSR count). The van der Waals surface area contributed by atoms with Crippen LogP contribution in [-0.4, -0.2) is 29.6 Å². The lowest BCUT2D eigenvalue weighted by Gasteiger charge is -2.33. The molecule has 5 heteroatoms. The van der Waals surface area contributed by atoms with Gasteiger partial charge in [-0.05, 0) is 18.8 Å². The molecular weight excluding hydrogens is 201 g/mol. The van der Waals surface area contributed by atoms with Crippen LogP contribution in [0.4, 0.5) is 9.18 Å². The quantitative estimate of drug-likeness (QED) is 0.757. The summed E-state index contributed by atoms with van der Waals surface area (Å²) in [6.45, 7) is 6.54. The van der Waals surface area contributed by atoms with E-state index in [2.05, 4.69) is 4.74 Å². The molecule has 90 valence electrons. The first-order valence-corrected chi connectivity index (χ1v) is 4.83. The van der Waals surface area contributed by atoms with Crippen LogP contribution in [0.3, 0.4) is 0 Å². The van der Waals surface area contributed by atoms with Crippen molar-refractivity contribution in [3.05, 3.63) is 0 Å². The van der Waals surface area contributed by atoms with E-state index in [1.165, 1.54) is 6.92 Å². The molecule has 3 N–H and O–H groups in total. The Morgan fingerprint density at radius 1 is 1.47 bits per heavy atom. The maximum absolute atomic E-state index is 13.5. The number of rotatable bonds is 4. The molecule has 0 aliphatic heterocycles. The van der Waals surface area contributed by atoms with Crippen molar-refractivity contribution in [3.63, 3.8) is 0 Å². The first kappa shape index (κ1) is 14.2. The van der Waals surface area contributed by atoms with Gasteiger partial charge in [0.25, 0.3) is 0 Å². The average Bonchev–Trinajstić information content (AvgIpc) is 1.94. The van der Waals surface area contributed by atoms with E-state index in [9.17, 15) is 14.3 Å². The van der Waals surface area contributed by atoms with Crippen molar-refractivity contribution >= 4 is 6.09 Å². The Labute approximate surface area is 89.6 Å². The molecule has 4 nitrogen and oxygen atoms in total. The van der Waals surface area contributed by atoms with Gasteiger partial charge in [-0.1, -0.05) is 20.8 Å². The molecule has 15 heavy (non-hydrogen) atoms. The van der Waals surface area contributed by atoms with Crippen LogP contribution in [0.15, 0.2) is 0 Å². The first-order chi connectivity index (χ1) is 6.54. The van der Waals surface area contributed by atoms with E-state index >= 15 is 0 Å². The van der Waals surface area contributed by atoms with Crippen molar-refractivity contribution in [1.82, 2.24) is 0 Å². The maximum atomic E-state index is 13.5. The number of nitrogens with two attached hydrogens (primary N) is 1. The third-order valence-corrected chi connectivity index (χ3v) is 1.93. The number of hydrogen-bond acceptors (Lipinski definition) is 3. The lowest BCUT2D eigenvalue weighted by atomic mass is 9.80. The van der Waals surface area contributed by atoms with Crippen LogP contribution in [0.25, 0.3) is 0 Å². The van der Waals surface area contributed by atoms with E-state index in [4.69, 9.17) is 5.73 Å². The van der Waals surface area contributed by atoms with Crippen molar-refractivity contribution in [2.24, 2.45) is 11.1 Å². The number of hydrogen-bond donors (Lipinski definition) is 2. The predicted octanol–water partition coefficient (Wildman–Crippen LogP) is 1.61. The number of alkyl halides is 1. The Morgan fingerprint density at radius 2 is 1.93 bits per heavy atom. The summed E-state index contributed by atoms with van der Waals surface area (Å²) in [4.78, 5) is 10.3. The number of primary amides is 1. The Kier molecular flexibility index (Phi) is 4.52. The lowest BCUT2D eigenvalue weighted by molar-refractivity contribution is -0.0667. The standard InChI is InChI=1S/C10H20FNO3/c1-9(2,3)6-10(4,14)7(11)5-15-8(12)13/h7,14H,5-6H2,1-4H3,(H2,12,13). The molecule has 2 unspecified atom stereocenters. The smallest absolute Gasteiger partial charge is 0.404 e. The Morgan fingerprint density at radius 3 is 2.27 bits per heavy atom. The molecule has 2 atom stereocenters. The second-order valence-corrected chi connectivity index (χ2v) is 5.19. The Bertz CT molecular complexity index is 223. The highest BCUT2D eigenvalue weighted by Crippen LogP contribution is 2.30. The largest absolute Gasteiger partial charge is 0.446 e. The zero-order valence-electron chi connectivity index (χ0n) is 9.71. The van der Waals surface area contributed by atoms with Gasteiger partial charge in [-0.3, -0.25) is 0 Å². The average molecular weight is 221 g/mol. The fourth-order valence-electron chi connectivity index (χ4n) is 1.52.